The monoisotopic (exact) mass is 497 g/mol. The molecule has 1 saturated carbocycles. The minimum absolute atomic E-state index is 0.0407. The number of nitrogens with zero attached hydrogens (tertiary/aromatic N) is 5. The van der Waals surface area contributed by atoms with Crippen LogP contribution in [-0.2, 0) is 24.9 Å². The highest BCUT2D eigenvalue weighted by atomic mass is 19.3. The molecule has 3 heterocycles. The van der Waals surface area contributed by atoms with Gasteiger partial charge in [0.1, 0.15) is 0 Å². The molecule has 9 heteroatoms. The number of hydrogen-bond donors (Lipinski definition) is 0. The van der Waals surface area contributed by atoms with Crippen molar-refractivity contribution in [2.75, 3.05) is 26.2 Å². The van der Waals surface area contributed by atoms with E-state index in [0.29, 0.717) is 31.8 Å². The summed E-state index contributed by atoms with van der Waals surface area (Å²) in [7, 11) is 1.75. The van der Waals surface area contributed by atoms with E-state index in [-0.39, 0.29) is 36.5 Å². The second-order valence-electron chi connectivity index (χ2n) is 11.4. The molecule has 192 valence electrons. The Morgan fingerprint density at radius 1 is 1.11 bits per heavy atom. The minimum Gasteiger partial charge on any atom is -0.340 e. The predicted octanol–water partition coefficient (Wildman–Crippen LogP) is 3.75. The van der Waals surface area contributed by atoms with E-state index in [1.807, 2.05) is 30.3 Å². The summed E-state index contributed by atoms with van der Waals surface area (Å²) >= 11 is 0. The standard InChI is InChI=1S/C27H33F2N5O2/c1-26(2,3)17-34-22-9-8-21(30-24(22)31(4)25(34)36)19-7-5-6-18(12-19)14-32-10-11-33(23(35)16-32)15-20-13-27(20,28)29/h5-9,12,20H,10-11,13-17H2,1-4H3. The smallest absolute Gasteiger partial charge is 0.330 e. The lowest BCUT2D eigenvalue weighted by atomic mass is 9.97. The van der Waals surface area contributed by atoms with Gasteiger partial charge in [0, 0.05) is 57.7 Å². The molecule has 0 bridgehead atoms. The largest absolute Gasteiger partial charge is 0.340 e. The molecule has 1 saturated heterocycles. The minimum atomic E-state index is -2.60. The molecule has 36 heavy (non-hydrogen) atoms. The highest BCUT2D eigenvalue weighted by Crippen LogP contribution is 2.49. The number of pyridine rings is 1. The maximum atomic E-state index is 13.2. The number of alkyl halides is 2. The van der Waals surface area contributed by atoms with Crippen LogP contribution >= 0.6 is 0 Å². The summed E-state index contributed by atoms with van der Waals surface area (Å²) in [6.07, 6.45) is -0.109. The maximum absolute atomic E-state index is 13.2. The molecule has 7 nitrogen and oxygen atoms in total. The molecule has 1 aliphatic heterocycles. The molecule has 2 fully saturated rings. The van der Waals surface area contributed by atoms with Crippen molar-refractivity contribution < 1.29 is 13.6 Å². The Bertz CT molecular complexity index is 1370. The van der Waals surface area contributed by atoms with Crippen molar-refractivity contribution in [1.29, 1.82) is 0 Å². The molecule has 0 N–H and O–H groups in total. The summed E-state index contributed by atoms with van der Waals surface area (Å²) in [5, 5.41) is 0. The Hall–Kier alpha value is -3.07. The van der Waals surface area contributed by atoms with Crippen molar-refractivity contribution in [2.45, 2.75) is 46.2 Å². The summed E-state index contributed by atoms with van der Waals surface area (Å²) < 4.78 is 29.9. The van der Waals surface area contributed by atoms with E-state index in [2.05, 4.69) is 31.7 Å². The highest BCUT2D eigenvalue weighted by Gasteiger charge is 2.57. The molecule has 2 aliphatic rings. The number of rotatable bonds is 6. The summed E-state index contributed by atoms with van der Waals surface area (Å²) in [6.45, 7) is 9.02. The van der Waals surface area contributed by atoms with E-state index >= 15 is 0 Å². The average Bonchev–Trinajstić information content (AvgIpc) is 3.35. The Balaban J connectivity index is 1.31. The Morgan fingerprint density at radius 3 is 2.53 bits per heavy atom. The van der Waals surface area contributed by atoms with Crippen LogP contribution in [-0.4, -0.2) is 61.9 Å². The number of imidazole rings is 1. The zero-order valence-electron chi connectivity index (χ0n) is 21.3. The lowest BCUT2D eigenvalue weighted by molar-refractivity contribution is -0.136. The van der Waals surface area contributed by atoms with Crippen LogP contribution in [0.4, 0.5) is 8.78 Å². The zero-order valence-corrected chi connectivity index (χ0v) is 21.3. The Kier molecular flexibility index (Phi) is 6.01. The average molecular weight is 498 g/mol. The first-order valence-corrected chi connectivity index (χ1v) is 12.4. The normalized spacial score (nSPS) is 20.3. The summed E-state index contributed by atoms with van der Waals surface area (Å²) in [4.78, 5) is 33.8. The summed E-state index contributed by atoms with van der Waals surface area (Å²) in [5.74, 6) is -3.37. The van der Waals surface area contributed by atoms with Crippen LogP contribution in [0.5, 0.6) is 0 Å². The number of aryl methyl sites for hydroxylation is 1. The van der Waals surface area contributed by atoms with Crippen LogP contribution in [0.25, 0.3) is 22.4 Å². The fourth-order valence-electron chi connectivity index (χ4n) is 4.97. The quantitative estimate of drug-likeness (QED) is 0.521. The molecule has 0 radical (unpaired) electrons. The van der Waals surface area contributed by atoms with Gasteiger partial charge >= 0.3 is 5.69 Å². The third-order valence-corrected chi connectivity index (χ3v) is 7.04. The van der Waals surface area contributed by atoms with Crippen molar-refractivity contribution in [2.24, 2.45) is 18.4 Å². The predicted molar refractivity (Wildman–Crippen MR) is 135 cm³/mol. The molecule has 1 amide bonds. The molecule has 1 atom stereocenters. The molecule has 2 aromatic heterocycles. The van der Waals surface area contributed by atoms with E-state index in [9.17, 15) is 18.4 Å². The van der Waals surface area contributed by atoms with Crippen LogP contribution in [0.2, 0.25) is 0 Å². The molecule has 3 aromatic rings. The van der Waals surface area contributed by atoms with Gasteiger partial charge in [-0.25, -0.2) is 18.6 Å². The van der Waals surface area contributed by atoms with Gasteiger partial charge in [0.25, 0.3) is 5.92 Å². The van der Waals surface area contributed by atoms with Gasteiger partial charge in [0.15, 0.2) is 5.65 Å². The molecule has 1 unspecified atom stereocenters. The van der Waals surface area contributed by atoms with Crippen LogP contribution in [0, 0.1) is 11.3 Å². The Morgan fingerprint density at radius 2 is 1.86 bits per heavy atom. The lowest BCUT2D eigenvalue weighted by Crippen LogP contribution is -2.50. The first-order chi connectivity index (χ1) is 16.9. The number of piperazine rings is 1. The summed E-state index contributed by atoms with van der Waals surface area (Å²) in [5.41, 5.74) is 4.11. The van der Waals surface area contributed by atoms with E-state index in [1.165, 1.54) is 0 Å². The van der Waals surface area contributed by atoms with Crippen LogP contribution < -0.4 is 5.69 Å². The van der Waals surface area contributed by atoms with Gasteiger partial charge in [-0.05, 0) is 29.2 Å². The van der Waals surface area contributed by atoms with Gasteiger partial charge in [0.2, 0.25) is 5.91 Å². The number of hydrogen-bond acceptors (Lipinski definition) is 4. The van der Waals surface area contributed by atoms with E-state index < -0.39 is 11.8 Å². The number of fused-ring (bicyclic) bond motifs is 1. The van der Waals surface area contributed by atoms with Crippen LogP contribution in [0.1, 0.15) is 32.8 Å². The van der Waals surface area contributed by atoms with E-state index in [1.54, 1.807) is 21.1 Å². The first-order valence-electron chi connectivity index (χ1n) is 12.4. The van der Waals surface area contributed by atoms with Gasteiger partial charge < -0.3 is 4.90 Å². The maximum Gasteiger partial charge on any atom is 0.330 e. The fraction of sp³-hybridized carbons (Fsp3) is 0.519. The molecule has 0 spiro atoms. The third kappa shape index (κ3) is 4.93. The van der Waals surface area contributed by atoms with Gasteiger partial charge in [-0.3, -0.25) is 18.8 Å². The van der Waals surface area contributed by atoms with Gasteiger partial charge in [0.05, 0.1) is 17.8 Å². The third-order valence-electron chi connectivity index (χ3n) is 7.04. The van der Waals surface area contributed by atoms with Gasteiger partial charge in [-0.1, -0.05) is 39.0 Å². The lowest BCUT2D eigenvalue weighted by Gasteiger charge is -2.34. The molecule has 1 aliphatic carbocycles. The van der Waals surface area contributed by atoms with E-state index in [0.717, 1.165) is 22.3 Å². The molecule has 1 aromatic carbocycles. The number of carbonyl (C=O) groups excluding carboxylic acids is 1. The second-order valence-corrected chi connectivity index (χ2v) is 11.4. The number of amides is 1. The zero-order chi connectivity index (χ0) is 25.8. The number of halogens is 2. The van der Waals surface area contributed by atoms with Crippen LogP contribution in [0.15, 0.2) is 41.2 Å². The van der Waals surface area contributed by atoms with Gasteiger partial charge in [-0.2, -0.15) is 0 Å². The van der Waals surface area contributed by atoms with Crippen molar-refractivity contribution in [3.63, 3.8) is 0 Å². The molecule has 5 rings (SSSR count). The molecular weight excluding hydrogens is 464 g/mol. The van der Waals surface area contributed by atoms with Crippen molar-refractivity contribution in [3.05, 3.63) is 52.4 Å². The second kappa shape index (κ2) is 8.80. The Labute approximate surface area is 209 Å². The number of carbonyl (C=O) groups is 1. The van der Waals surface area contributed by atoms with Crippen molar-refractivity contribution in [1.82, 2.24) is 23.9 Å². The highest BCUT2D eigenvalue weighted by molar-refractivity contribution is 5.79. The first kappa shape index (κ1) is 24.6. The number of benzene rings is 1. The fourth-order valence-corrected chi connectivity index (χ4v) is 4.97. The SMILES string of the molecule is Cn1c(=O)n(CC(C)(C)C)c2ccc(-c3cccc(CN4CCN(CC5CC5(F)F)C(=O)C4)c3)nc21. The topological polar surface area (TPSA) is 63.4 Å². The number of aromatic nitrogens is 3. The summed E-state index contributed by atoms with van der Waals surface area (Å²) in [6, 6.07) is 11.9. The molecular formula is C27H33F2N5O2. The van der Waals surface area contributed by atoms with Crippen molar-refractivity contribution >= 4 is 17.1 Å². The van der Waals surface area contributed by atoms with Crippen molar-refractivity contribution in [3.8, 4) is 11.3 Å². The van der Waals surface area contributed by atoms with Gasteiger partial charge in [-0.15, -0.1) is 0 Å². The van der Waals surface area contributed by atoms with E-state index in [4.69, 9.17) is 4.98 Å². The van der Waals surface area contributed by atoms with Crippen LogP contribution in [0.3, 0.4) is 0 Å².